The highest BCUT2D eigenvalue weighted by Crippen LogP contribution is 2.20. The van der Waals surface area contributed by atoms with Gasteiger partial charge in [-0.15, -0.1) is 0 Å². The highest BCUT2D eigenvalue weighted by Gasteiger charge is 2.18. The number of carbonyl (C=O) groups is 1. The Bertz CT molecular complexity index is 655. The largest absolute Gasteiger partial charge is 0.353 e. The van der Waals surface area contributed by atoms with Gasteiger partial charge in [-0.2, -0.15) is 0 Å². The molecule has 6 nitrogen and oxygen atoms in total. The second-order valence-electron chi connectivity index (χ2n) is 5.86. The van der Waals surface area contributed by atoms with Crippen LogP contribution in [0.4, 0.5) is 11.6 Å². The van der Waals surface area contributed by atoms with Crippen molar-refractivity contribution in [2.75, 3.05) is 42.5 Å². The van der Waals surface area contributed by atoms with Gasteiger partial charge in [0.1, 0.15) is 18.0 Å². The van der Waals surface area contributed by atoms with E-state index >= 15 is 0 Å². The fraction of sp³-hybridized carbons (Fsp3) is 0.389. The van der Waals surface area contributed by atoms with E-state index in [2.05, 4.69) is 51.0 Å². The molecule has 0 N–H and O–H groups in total. The highest BCUT2D eigenvalue weighted by atomic mass is 16.1. The summed E-state index contributed by atoms with van der Waals surface area (Å²) in [5, 5.41) is 0. The maximum absolute atomic E-state index is 10.8. The van der Waals surface area contributed by atoms with Gasteiger partial charge in [0.15, 0.2) is 0 Å². The Hall–Kier alpha value is -2.63. The Morgan fingerprint density at radius 3 is 2.54 bits per heavy atom. The maximum atomic E-state index is 10.8. The normalized spacial score (nSPS) is 14.5. The lowest BCUT2D eigenvalue weighted by Gasteiger charge is -2.33. The Kier molecular flexibility index (Phi) is 5.25. The van der Waals surface area contributed by atoms with Crippen LogP contribution in [0.2, 0.25) is 0 Å². The molecule has 1 aromatic carbocycles. The van der Waals surface area contributed by atoms with Crippen molar-refractivity contribution in [2.45, 2.75) is 13.5 Å². The van der Waals surface area contributed by atoms with Crippen LogP contribution in [-0.2, 0) is 11.3 Å². The van der Waals surface area contributed by atoms with E-state index in [1.807, 2.05) is 12.1 Å². The predicted octanol–water partition coefficient (Wildman–Crippen LogP) is 1.78. The lowest BCUT2D eigenvalue weighted by Crippen LogP contribution is -2.46. The molecule has 1 aromatic heterocycles. The Morgan fingerprint density at radius 2 is 1.88 bits per heavy atom. The third-order valence-corrected chi connectivity index (χ3v) is 4.35. The number of benzene rings is 1. The van der Waals surface area contributed by atoms with Gasteiger partial charge < -0.3 is 14.7 Å². The number of rotatable bonds is 6. The van der Waals surface area contributed by atoms with Crippen molar-refractivity contribution < 1.29 is 4.79 Å². The molecule has 1 saturated heterocycles. The first-order chi connectivity index (χ1) is 11.8. The van der Waals surface area contributed by atoms with Crippen LogP contribution in [0.3, 0.4) is 0 Å². The van der Waals surface area contributed by atoms with Crippen LogP contribution in [0, 0.1) is 0 Å². The number of piperazine rings is 1. The van der Waals surface area contributed by atoms with E-state index < -0.39 is 0 Å². The summed E-state index contributed by atoms with van der Waals surface area (Å²) in [5.74, 6) is 1.86. The molecular weight excluding hydrogens is 302 g/mol. The first-order valence-corrected chi connectivity index (χ1v) is 8.35. The molecular formula is C18H23N5O. The topological polar surface area (TPSA) is 52.6 Å². The molecule has 0 saturated carbocycles. The van der Waals surface area contributed by atoms with Crippen LogP contribution in [0.1, 0.15) is 12.5 Å². The highest BCUT2D eigenvalue weighted by molar-refractivity contribution is 5.52. The van der Waals surface area contributed by atoms with Gasteiger partial charge in [0.2, 0.25) is 6.41 Å². The SMILES string of the molecule is CCN(Cc1ccccc1)c1cc(N2CCN(C=O)CC2)ncn1. The number of hydrogen-bond acceptors (Lipinski definition) is 5. The summed E-state index contributed by atoms with van der Waals surface area (Å²) in [4.78, 5) is 26.0. The van der Waals surface area contributed by atoms with E-state index in [4.69, 9.17) is 0 Å². The van der Waals surface area contributed by atoms with Crippen molar-refractivity contribution in [3.8, 4) is 0 Å². The summed E-state index contributed by atoms with van der Waals surface area (Å²) < 4.78 is 0. The number of aromatic nitrogens is 2. The zero-order valence-corrected chi connectivity index (χ0v) is 14.0. The summed E-state index contributed by atoms with van der Waals surface area (Å²) in [5.41, 5.74) is 1.26. The molecule has 24 heavy (non-hydrogen) atoms. The molecule has 0 bridgehead atoms. The monoisotopic (exact) mass is 325 g/mol. The van der Waals surface area contributed by atoms with Gasteiger partial charge in [-0.1, -0.05) is 30.3 Å². The smallest absolute Gasteiger partial charge is 0.209 e. The van der Waals surface area contributed by atoms with Crippen LogP contribution in [0.25, 0.3) is 0 Å². The van der Waals surface area contributed by atoms with Gasteiger partial charge in [0, 0.05) is 45.3 Å². The lowest BCUT2D eigenvalue weighted by atomic mass is 10.2. The standard InChI is InChI=1S/C18H23N5O/c1-2-22(13-16-6-4-3-5-7-16)17-12-18(20-14-19-17)23-10-8-21(15-24)9-11-23/h3-7,12,14-15H,2,8-11,13H2,1H3. The van der Waals surface area contributed by atoms with E-state index in [0.717, 1.165) is 57.3 Å². The van der Waals surface area contributed by atoms with Gasteiger partial charge in [0.25, 0.3) is 0 Å². The maximum Gasteiger partial charge on any atom is 0.209 e. The number of nitrogens with zero attached hydrogens (tertiary/aromatic N) is 5. The molecule has 126 valence electrons. The predicted molar refractivity (Wildman–Crippen MR) is 95.0 cm³/mol. The first-order valence-electron chi connectivity index (χ1n) is 8.35. The van der Waals surface area contributed by atoms with Crippen molar-refractivity contribution in [1.29, 1.82) is 0 Å². The second kappa shape index (κ2) is 7.77. The number of amides is 1. The van der Waals surface area contributed by atoms with E-state index in [1.165, 1.54) is 5.56 Å². The van der Waals surface area contributed by atoms with Crippen LogP contribution in [0.15, 0.2) is 42.7 Å². The average Bonchev–Trinajstić information content (AvgIpc) is 2.67. The molecule has 0 radical (unpaired) electrons. The molecule has 2 aromatic rings. The molecule has 1 fully saturated rings. The van der Waals surface area contributed by atoms with Crippen LogP contribution >= 0.6 is 0 Å². The van der Waals surface area contributed by atoms with Crippen molar-refractivity contribution in [1.82, 2.24) is 14.9 Å². The molecule has 6 heteroatoms. The average molecular weight is 325 g/mol. The van der Waals surface area contributed by atoms with Crippen molar-refractivity contribution in [3.05, 3.63) is 48.3 Å². The summed E-state index contributed by atoms with van der Waals surface area (Å²) in [6, 6.07) is 12.4. The molecule has 0 spiro atoms. The fourth-order valence-corrected chi connectivity index (χ4v) is 2.90. The molecule has 1 amide bonds. The quantitative estimate of drug-likeness (QED) is 0.758. The molecule has 1 aliphatic heterocycles. The van der Waals surface area contributed by atoms with Crippen molar-refractivity contribution >= 4 is 18.0 Å². The van der Waals surface area contributed by atoms with Crippen molar-refractivity contribution in [3.63, 3.8) is 0 Å². The number of hydrogen-bond donors (Lipinski definition) is 0. The number of carbonyl (C=O) groups excluding carboxylic acids is 1. The summed E-state index contributed by atoms with van der Waals surface area (Å²) in [6.45, 7) is 6.93. The van der Waals surface area contributed by atoms with E-state index in [9.17, 15) is 4.79 Å². The van der Waals surface area contributed by atoms with Gasteiger partial charge in [-0.3, -0.25) is 4.79 Å². The van der Waals surface area contributed by atoms with Gasteiger partial charge in [-0.25, -0.2) is 9.97 Å². The van der Waals surface area contributed by atoms with Gasteiger partial charge >= 0.3 is 0 Å². The van der Waals surface area contributed by atoms with E-state index in [0.29, 0.717) is 0 Å². The zero-order chi connectivity index (χ0) is 16.8. The van der Waals surface area contributed by atoms with Crippen LogP contribution < -0.4 is 9.80 Å². The Balaban J connectivity index is 1.73. The molecule has 0 aliphatic carbocycles. The van der Waals surface area contributed by atoms with Gasteiger partial charge in [0.05, 0.1) is 0 Å². The third-order valence-electron chi connectivity index (χ3n) is 4.35. The summed E-state index contributed by atoms with van der Waals surface area (Å²) in [7, 11) is 0. The third kappa shape index (κ3) is 3.82. The first kappa shape index (κ1) is 16.2. The minimum Gasteiger partial charge on any atom is -0.353 e. The van der Waals surface area contributed by atoms with E-state index in [1.54, 1.807) is 11.2 Å². The zero-order valence-electron chi connectivity index (χ0n) is 14.0. The van der Waals surface area contributed by atoms with Crippen molar-refractivity contribution in [2.24, 2.45) is 0 Å². The van der Waals surface area contributed by atoms with Crippen LogP contribution in [-0.4, -0.2) is 54.0 Å². The lowest BCUT2D eigenvalue weighted by molar-refractivity contribution is -0.118. The molecule has 0 atom stereocenters. The second-order valence-corrected chi connectivity index (χ2v) is 5.86. The van der Waals surface area contributed by atoms with E-state index in [-0.39, 0.29) is 0 Å². The van der Waals surface area contributed by atoms with Gasteiger partial charge in [-0.05, 0) is 12.5 Å². The fourth-order valence-electron chi connectivity index (χ4n) is 2.90. The minimum atomic E-state index is 0.740. The Labute approximate surface area is 142 Å². The number of anilines is 2. The summed E-state index contributed by atoms with van der Waals surface area (Å²) in [6.07, 6.45) is 2.55. The molecule has 2 heterocycles. The summed E-state index contributed by atoms with van der Waals surface area (Å²) >= 11 is 0. The molecule has 1 aliphatic rings. The minimum absolute atomic E-state index is 0.740. The molecule has 0 unspecified atom stereocenters. The molecule has 3 rings (SSSR count). The Morgan fingerprint density at radius 1 is 1.12 bits per heavy atom. The van der Waals surface area contributed by atoms with Crippen LogP contribution in [0.5, 0.6) is 0 Å².